The lowest BCUT2D eigenvalue weighted by Crippen LogP contribution is -2.36. The number of nitrogens with zero attached hydrogens (tertiary/aromatic N) is 1. The topological polar surface area (TPSA) is 52.6 Å². The van der Waals surface area contributed by atoms with Gasteiger partial charge in [0.15, 0.2) is 0 Å². The van der Waals surface area contributed by atoms with Gasteiger partial charge in [0.05, 0.1) is 0 Å². The lowest BCUT2D eigenvalue weighted by atomic mass is 9.76. The Morgan fingerprint density at radius 2 is 1.65 bits per heavy atom. The zero-order valence-corrected chi connectivity index (χ0v) is 17.6. The molecule has 5 rings (SSSR count). The number of hydrogen-bond acceptors (Lipinski definition) is 3. The third-order valence-electron chi connectivity index (χ3n) is 7.05. The molecule has 1 amide bonds. The number of likely N-dealkylation sites (tertiary alicyclic amines) is 1. The quantitative estimate of drug-likeness (QED) is 0.655. The molecule has 2 heterocycles. The molecule has 158 valence electrons. The second-order valence-electron chi connectivity index (χ2n) is 8.99. The van der Waals surface area contributed by atoms with Crippen molar-refractivity contribution in [1.82, 2.24) is 10.2 Å². The molecule has 31 heavy (non-hydrogen) atoms. The van der Waals surface area contributed by atoms with Crippen LogP contribution in [0.2, 0.25) is 0 Å². The molecule has 2 saturated heterocycles. The van der Waals surface area contributed by atoms with Crippen molar-refractivity contribution < 1.29 is 9.90 Å². The van der Waals surface area contributed by atoms with Crippen LogP contribution in [-0.4, -0.2) is 42.1 Å². The van der Waals surface area contributed by atoms with Crippen LogP contribution in [-0.2, 0) is 6.42 Å². The number of fused-ring (bicyclic) bond motifs is 1. The number of phenolic OH excluding ortho intramolecular Hbond substituents is 1. The highest BCUT2D eigenvalue weighted by atomic mass is 16.3. The van der Waals surface area contributed by atoms with Gasteiger partial charge in [-0.1, -0.05) is 54.6 Å². The van der Waals surface area contributed by atoms with Gasteiger partial charge in [-0.3, -0.25) is 4.79 Å². The number of aromatic hydroxyl groups is 1. The second kappa shape index (κ2) is 8.20. The third-order valence-corrected chi connectivity index (χ3v) is 7.05. The summed E-state index contributed by atoms with van der Waals surface area (Å²) in [5.41, 5.74) is 4.36. The molecule has 4 heteroatoms. The van der Waals surface area contributed by atoms with Crippen molar-refractivity contribution in [3.8, 4) is 16.9 Å². The molecule has 0 spiro atoms. The van der Waals surface area contributed by atoms with Gasteiger partial charge in [-0.15, -0.1) is 0 Å². The number of benzene rings is 3. The Morgan fingerprint density at radius 1 is 0.968 bits per heavy atom. The molecule has 2 aliphatic heterocycles. The highest BCUT2D eigenvalue weighted by Crippen LogP contribution is 2.43. The molecule has 0 aliphatic carbocycles. The maximum absolute atomic E-state index is 13.3. The van der Waals surface area contributed by atoms with E-state index in [0.717, 1.165) is 55.7 Å². The molecule has 0 bridgehead atoms. The number of rotatable bonds is 5. The number of amides is 1. The summed E-state index contributed by atoms with van der Waals surface area (Å²) in [6.07, 6.45) is 2.17. The maximum atomic E-state index is 13.3. The lowest BCUT2D eigenvalue weighted by Gasteiger charge is -2.28. The molecule has 3 aromatic carbocycles. The van der Waals surface area contributed by atoms with Crippen LogP contribution in [0.15, 0.2) is 78.9 Å². The lowest BCUT2D eigenvalue weighted by molar-refractivity contribution is 0.0769. The summed E-state index contributed by atoms with van der Waals surface area (Å²) in [4.78, 5) is 15.3. The summed E-state index contributed by atoms with van der Waals surface area (Å²) in [6, 6.07) is 25.6. The minimum atomic E-state index is 0.130. The van der Waals surface area contributed by atoms with Gasteiger partial charge in [0.1, 0.15) is 5.75 Å². The zero-order valence-electron chi connectivity index (χ0n) is 17.6. The van der Waals surface area contributed by atoms with Gasteiger partial charge < -0.3 is 15.3 Å². The zero-order chi connectivity index (χ0) is 21.3. The van der Waals surface area contributed by atoms with Gasteiger partial charge in [-0.25, -0.2) is 0 Å². The SMILES string of the molecule is O=C(c1ccc(-c2ccc(O)cc2)cc1)N1CC2CNCC2(CCc2ccccc2)C1. The van der Waals surface area contributed by atoms with Crippen molar-refractivity contribution in [1.29, 1.82) is 0 Å². The molecule has 0 radical (unpaired) electrons. The Morgan fingerprint density at radius 3 is 2.35 bits per heavy atom. The number of phenols is 1. The molecule has 2 N–H and O–H groups in total. The van der Waals surface area contributed by atoms with Crippen LogP contribution < -0.4 is 5.32 Å². The monoisotopic (exact) mass is 412 g/mol. The first kappa shape index (κ1) is 19.8. The van der Waals surface area contributed by atoms with Crippen LogP contribution in [0.4, 0.5) is 0 Å². The van der Waals surface area contributed by atoms with Crippen molar-refractivity contribution in [2.24, 2.45) is 11.3 Å². The Hall–Kier alpha value is -3.11. The van der Waals surface area contributed by atoms with Crippen molar-refractivity contribution in [2.75, 3.05) is 26.2 Å². The average molecular weight is 413 g/mol. The Bertz CT molecular complexity index is 1050. The largest absolute Gasteiger partial charge is 0.508 e. The van der Waals surface area contributed by atoms with Crippen LogP contribution >= 0.6 is 0 Å². The molecular weight excluding hydrogens is 384 g/mol. The van der Waals surface area contributed by atoms with Gasteiger partial charge in [-0.2, -0.15) is 0 Å². The first-order chi connectivity index (χ1) is 15.1. The summed E-state index contributed by atoms with van der Waals surface area (Å²) in [5, 5.41) is 13.1. The van der Waals surface area contributed by atoms with E-state index < -0.39 is 0 Å². The fourth-order valence-corrected chi connectivity index (χ4v) is 5.22. The second-order valence-corrected chi connectivity index (χ2v) is 8.99. The first-order valence-electron chi connectivity index (χ1n) is 11.1. The molecule has 2 fully saturated rings. The molecular formula is C27H28N2O2. The minimum Gasteiger partial charge on any atom is -0.508 e. The van der Waals surface area contributed by atoms with Crippen molar-refractivity contribution in [3.63, 3.8) is 0 Å². The third kappa shape index (κ3) is 3.96. The van der Waals surface area contributed by atoms with Crippen molar-refractivity contribution >= 4 is 5.91 Å². The number of carbonyl (C=O) groups excluding carboxylic acids is 1. The normalized spacial score (nSPS) is 22.5. The molecule has 3 aromatic rings. The highest BCUT2D eigenvalue weighted by Gasteiger charge is 2.50. The van der Waals surface area contributed by atoms with Gasteiger partial charge in [0, 0.05) is 37.2 Å². The standard InChI is InChI=1S/C27H28N2O2/c30-25-12-10-22(11-13-25)21-6-8-23(9-7-21)26(31)29-17-24-16-28-18-27(24,19-29)15-14-20-4-2-1-3-5-20/h1-13,24,28,30H,14-19H2. The number of carbonyl (C=O) groups is 1. The van der Waals surface area contributed by atoms with Crippen molar-refractivity contribution in [3.05, 3.63) is 90.0 Å². The molecule has 2 aliphatic rings. The summed E-state index contributed by atoms with van der Waals surface area (Å²) in [7, 11) is 0. The number of hydrogen-bond donors (Lipinski definition) is 2. The highest BCUT2D eigenvalue weighted by molar-refractivity contribution is 5.95. The van der Waals surface area contributed by atoms with Crippen LogP contribution in [0.3, 0.4) is 0 Å². The van der Waals surface area contributed by atoms with Crippen LogP contribution in [0.25, 0.3) is 11.1 Å². The smallest absolute Gasteiger partial charge is 0.253 e. The predicted octanol–water partition coefficient (Wildman–Crippen LogP) is 4.35. The Balaban J connectivity index is 1.28. The fourth-order valence-electron chi connectivity index (χ4n) is 5.22. The van der Waals surface area contributed by atoms with E-state index in [1.807, 2.05) is 36.4 Å². The van der Waals surface area contributed by atoms with E-state index >= 15 is 0 Å². The van der Waals surface area contributed by atoms with Crippen LogP contribution in [0.5, 0.6) is 5.75 Å². The van der Waals surface area contributed by atoms with E-state index in [2.05, 4.69) is 40.5 Å². The van der Waals surface area contributed by atoms with Gasteiger partial charge in [0.25, 0.3) is 5.91 Å². The maximum Gasteiger partial charge on any atom is 0.253 e. The fraction of sp³-hybridized carbons (Fsp3) is 0.296. The Kier molecular flexibility index (Phi) is 5.24. The molecule has 2 atom stereocenters. The van der Waals surface area contributed by atoms with Gasteiger partial charge >= 0.3 is 0 Å². The summed E-state index contributed by atoms with van der Waals surface area (Å²) >= 11 is 0. The first-order valence-corrected chi connectivity index (χ1v) is 11.1. The predicted molar refractivity (Wildman–Crippen MR) is 123 cm³/mol. The van der Waals surface area contributed by atoms with E-state index in [0.29, 0.717) is 5.92 Å². The van der Waals surface area contributed by atoms with E-state index in [-0.39, 0.29) is 17.1 Å². The van der Waals surface area contributed by atoms with Crippen LogP contribution in [0.1, 0.15) is 22.3 Å². The van der Waals surface area contributed by atoms with Crippen LogP contribution in [0, 0.1) is 11.3 Å². The van der Waals surface area contributed by atoms with Gasteiger partial charge in [-0.05, 0) is 59.7 Å². The van der Waals surface area contributed by atoms with E-state index in [1.165, 1.54) is 5.56 Å². The molecule has 4 nitrogen and oxygen atoms in total. The number of aryl methyl sites for hydroxylation is 1. The summed E-state index contributed by atoms with van der Waals surface area (Å²) < 4.78 is 0. The molecule has 2 unspecified atom stereocenters. The Labute approximate surface area is 183 Å². The average Bonchev–Trinajstić information content (AvgIpc) is 3.36. The van der Waals surface area contributed by atoms with E-state index in [9.17, 15) is 9.90 Å². The van der Waals surface area contributed by atoms with E-state index in [4.69, 9.17) is 0 Å². The summed E-state index contributed by atoms with van der Waals surface area (Å²) in [6.45, 7) is 3.66. The van der Waals surface area contributed by atoms with Gasteiger partial charge in [0.2, 0.25) is 0 Å². The van der Waals surface area contributed by atoms with E-state index in [1.54, 1.807) is 12.1 Å². The summed E-state index contributed by atoms with van der Waals surface area (Å²) in [5.74, 6) is 0.910. The molecule has 0 aromatic heterocycles. The molecule has 0 saturated carbocycles. The minimum absolute atomic E-state index is 0.130. The number of nitrogens with one attached hydrogen (secondary N) is 1. The van der Waals surface area contributed by atoms with Crippen molar-refractivity contribution in [2.45, 2.75) is 12.8 Å².